The maximum atomic E-state index is 12.1. The predicted octanol–water partition coefficient (Wildman–Crippen LogP) is 1.82. The van der Waals surface area contributed by atoms with Gasteiger partial charge in [-0.25, -0.2) is 0 Å². The van der Waals surface area contributed by atoms with Gasteiger partial charge in [-0.2, -0.15) is 0 Å². The summed E-state index contributed by atoms with van der Waals surface area (Å²) in [4.78, 5) is 36.9. The second-order valence-corrected chi connectivity index (χ2v) is 5.69. The molecule has 0 aliphatic heterocycles. The first-order valence-electron chi connectivity index (χ1n) is 5.89. The number of aromatic nitrogens is 2. The fourth-order valence-electron chi connectivity index (χ4n) is 1.96. The highest BCUT2D eigenvalue weighted by molar-refractivity contribution is 7.80. The summed E-state index contributed by atoms with van der Waals surface area (Å²) in [6, 6.07) is 6.33. The minimum Gasteiger partial charge on any atom is -0.321 e. The van der Waals surface area contributed by atoms with Gasteiger partial charge in [-0.05, 0) is 18.2 Å². The van der Waals surface area contributed by atoms with E-state index >= 15 is 0 Å². The molecule has 0 aliphatic carbocycles. The number of nitrogens with one attached hydrogen (secondary N) is 3. The molecule has 0 fully saturated rings. The van der Waals surface area contributed by atoms with Crippen LogP contribution in [0.5, 0.6) is 0 Å². The minimum atomic E-state index is -0.471. The van der Waals surface area contributed by atoms with E-state index in [9.17, 15) is 14.4 Å². The number of carbonyl (C=O) groups is 1. The Bertz CT molecular complexity index is 955. The maximum Gasteiger partial charge on any atom is 0.272 e. The van der Waals surface area contributed by atoms with Crippen molar-refractivity contribution in [2.24, 2.45) is 0 Å². The Labute approximate surface area is 127 Å². The van der Waals surface area contributed by atoms with Crippen LogP contribution in [0, 0.1) is 0 Å². The molecule has 1 aromatic carbocycles. The van der Waals surface area contributed by atoms with Crippen molar-refractivity contribution in [2.45, 2.75) is 4.90 Å². The third kappa shape index (κ3) is 2.50. The molecule has 0 bridgehead atoms. The van der Waals surface area contributed by atoms with Gasteiger partial charge in [0.1, 0.15) is 0 Å². The molecule has 3 rings (SSSR count). The molecule has 3 aromatic rings. The monoisotopic (exact) mass is 319 g/mol. The molecule has 0 spiro atoms. The Morgan fingerprint density at radius 1 is 1.19 bits per heavy atom. The molecule has 0 saturated heterocycles. The molecule has 8 heteroatoms. The van der Waals surface area contributed by atoms with E-state index in [-0.39, 0.29) is 16.7 Å². The van der Waals surface area contributed by atoms with E-state index in [0.29, 0.717) is 15.5 Å². The summed E-state index contributed by atoms with van der Waals surface area (Å²) in [5.41, 5.74) is -0.602. The van der Waals surface area contributed by atoms with Crippen LogP contribution in [0.4, 0.5) is 5.69 Å². The zero-order valence-corrected chi connectivity index (χ0v) is 12.2. The van der Waals surface area contributed by atoms with E-state index in [2.05, 4.69) is 28.1 Å². The van der Waals surface area contributed by atoms with Crippen LogP contribution in [0.25, 0.3) is 10.8 Å². The van der Waals surface area contributed by atoms with Crippen LogP contribution in [0.3, 0.4) is 0 Å². The van der Waals surface area contributed by atoms with Gasteiger partial charge in [0.25, 0.3) is 17.0 Å². The SMILES string of the molecule is O=C(Nc1cccc2c(=O)[nH][nH]c(=O)c12)c1cc(S)cs1. The van der Waals surface area contributed by atoms with E-state index in [4.69, 9.17) is 0 Å². The summed E-state index contributed by atoms with van der Waals surface area (Å²) in [6.07, 6.45) is 0. The number of hydrogen-bond donors (Lipinski definition) is 4. The normalized spacial score (nSPS) is 10.7. The number of benzene rings is 1. The van der Waals surface area contributed by atoms with E-state index < -0.39 is 11.1 Å². The number of H-pyrrole nitrogens is 2. The quantitative estimate of drug-likeness (QED) is 0.543. The lowest BCUT2D eigenvalue weighted by molar-refractivity contribution is 0.103. The summed E-state index contributed by atoms with van der Waals surface area (Å²) in [7, 11) is 0. The number of anilines is 1. The Morgan fingerprint density at radius 3 is 2.67 bits per heavy atom. The van der Waals surface area contributed by atoms with Gasteiger partial charge < -0.3 is 5.32 Å². The highest BCUT2D eigenvalue weighted by Gasteiger charge is 2.13. The fourth-order valence-corrected chi connectivity index (χ4v) is 3.01. The van der Waals surface area contributed by atoms with Crippen LogP contribution in [0.15, 0.2) is 44.1 Å². The van der Waals surface area contributed by atoms with Crippen LogP contribution in [-0.2, 0) is 0 Å². The average Bonchev–Trinajstić information content (AvgIpc) is 2.90. The van der Waals surface area contributed by atoms with Gasteiger partial charge in [0.2, 0.25) is 0 Å². The summed E-state index contributed by atoms with van der Waals surface area (Å²) in [5.74, 6) is -0.354. The van der Waals surface area contributed by atoms with Crippen molar-refractivity contribution in [1.82, 2.24) is 10.2 Å². The largest absolute Gasteiger partial charge is 0.321 e. The molecule has 21 heavy (non-hydrogen) atoms. The Balaban J connectivity index is 2.09. The molecule has 3 N–H and O–H groups in total. The average molecular weight is 319 g/mol. The summed E-state index contributed by atoms with van der Waals surface area (Å²) >= 11 is 5.39. The first kappa shape index (κ1) is 13.7. The molecule has 0 atom stereocenters. The third-order valence-corrected chi connectivity index (χ3v) is 4.25. The van der Waals surface area contributed by atoms with Gasteiger partial charge in [0, 0.05) is 10.3 Å². The number of amides is 1. The second-order valence-electron chi connectivity index (χ2n) is 4.26. The van der Waals surface area contributed by atoms with Crippen molar-refractivity contribution in [3.8, 4) is 0 Å². The number of rotatable bonds is 2. The molecule has 2 aromatic heterocycles. The van der Waals surface area contributed by atoms with Gasteiger partial charge in [0.05, 0.1) is 21.3 Å². The first-order chi connectivity index (χ1) is 10.1. The molecule has 0 saturated carbocycles. The third-order valence-electron chi connectivity index (χ3n) is 2.88. The molecular formula is C13H9N3O3S2. The lowest BCUT2D eigenvalue weighted by Crippen LogP contribution is -2.21. The molecule has 0 radical (unpaired) electrons. The summed E-state index contributed by atoms with van der Waals surface area (Å²) in [6.45, 7) is 0. The van der Waals surface area contributed by atoms with Gasteiger partial charge >= 0.3 is 0 Å². The number of hydrogen-bond acceptors (Lipinski definition) is 5. The van der Waals surface area contributed by atoms with Crippen molar-refractivity contribution in [3.05, 3.63) is 55.2 Å². The summed E-state index contributed by atoms with van der Waals surface area (Å²) < 4.78 is 0. The van der Waals surface area contributed by atoms with Crippen LogP contribution < -0.4 is 16.4 Å². The predicted molar refractivity (Wildman–Crippen MR) is 84.7 cm³/mol. The van der Waals surface area contributed by atoms with Crippen LogP contribution >= 0.6 is 24.0 Å². The molecule has 1 amide bonds. The first-order valence-corrected chi connectivity index (χ1v) is 7.21. The Morgan fingerprint density at radius 2 is 1.95 bits per heavy atom. The zero-order valence-electron chi connectivity index (χ0n) is 10.5. The van der Waals surface area contributed by atoms with Gasteiger partial charge in [-0.15, -0.1) is 24.0 Å². The highest BCUT2D eigenvalue weighted by Crippen LogP contribution is 2.21. The standard InChI is InChI=1S/C13H9N3O3S2/c17-11-7-2-1-3-8(10(7)13(19)16-15-11)14-12(18)9-4-6(20)5-21-9/h1-5,20H,(H,14,18)(H,15,17)(H,16,19). The van der Waals surface area contributed by atoms with Gasteiger partial charge in [0.15, 0.2) is 0 Å². The second kappa shape index (κ2) is 5.23. The van der Waals surface area contributed by atoms with Crippen molar-refractivity contribution in [2.75, 3.05) is 5.32 Å². The number of carbonyl (C=O) groups excluding carboxylic acids is 1. The van der Waals surface area contributed by atoms with E-state index in [1.165, 1.54) is 17.4 Å². The topological polar surface area (TPSA) is 94.8 Å². The Kier molecular flexibility index (Phi) is 3.40. The minimum absolute atomic E-state index is 0.150. The molecular weight excluding hydrogens is 310 g/mol. The van der Waals surface area contributed by atoms with E-state index in [0.717, 1.165) is 0 Å². The van der Waals surface area contributed by atoms with Crippen LogP contribution in [-0.4, -0.2) is 16.1 Å². The van der Waals surface area contributed by atoms with Crippen molar-refractivity contribution in [1.29, 1.82) is 0 Å². The van der Waals surface area contributed by atoms with Crippen LogP contribution in [0.2, 0.25) is 0 Å². The van der Waals surface area contributed by atoms with Gasteiger partial charge in [-0.1, -0.05) is 6.07 Å². The van der Waals surface area contributed by atoms with Crippen molar-refractivity contribution < 1.29 is 4.79 Å². The van der Waals surface area contributed by atoms with Crippen LogP contribution in [0.1, 0.15) is 9.67 Å². The highest BCUT2D eigenvalue weighted by atomic mass is 32.1. The fraction of sp³-hybridized carbons (Fsp3) is 0. The molecule has 0 aliphatic rings. The van der Waals surface area contributed by atoms with Gasteiger partial charge in [-0.3, -0.25) is 24.6 Å². The smallest absolute Gasteiger partial charge is 0.272 e. The maximum absolute atomic E-state index is 12.1. The van der Waals surface area contributed by atoms with E-state index in [1.54, 1.807) is 23.6 Å². The number of aromatic amines is 2. The van der Waals surface area contributed by atoms with E-state index in [1.807, 2.05) is 0 Å². The lowest BCUT2D eigenvalue weighted by Gasteiger charge is -2.06. The summed E-state index contributed by atoms with van der Waals surface area (Å²) in [5, 5.41) is 9.24. The number of thiophene rings is 1. The molecule has 0 unspecified atom stereocenters. The Hall–Kier alpha value is -2.32. The number of fused-ring (bicyclic) bond motifs is 1. The molecule has 6 nitrogen and oxygen atoms in total. The lowest BCUT2D eigenvalue weighted by atomic mass is 10.1. The number of thiol groups is 1. The zero-order chi connectivity index (χ0) is 15.0. The van der Waals surface area contributed by atoms with Crippen molar-refractivity contribution in [3.63, 3.8) is 0 Å². The molecule has 106 valence electrons. The van der Waals surface area contributed by atoms with Crippen molar-refractivity contribution >= 4 is 46.3 Å². The molecule has 2 heterocycles.